The first-order valence-electron chi connectivity index (χ1n) is 29.2. The van der Waals surface area contributed by atoms with Crippen LogP contribution in [0.3, 0.4) is 0 Å². The zero-order valence-corrected chi connectivity index (χ0v) is 44.4. The van der Waals surface area contributed by atoms with E-state index in [9.17, 15) is 30.3 Å². The average Bonchev–Trinajstić information content (AvgIpc) is 3.34. The number of carbonyl (C=O) groups is 1. The van der Waals surface area contributed by atoms with Crippen LogP contribution in [-0.2, 0) is 14.3 Å². The van der Waals surface area contributed by atoms with Gasteiger partial charge in [-0.05, 0) is 44.9 Å². The van der Waals surface area contributed by atoms with Crippen molar-refractivity contribution in [1.29, 1.82) is 0 Å². The van der Waals surface area contributed by atoms with Crippen molar-refractivity contribution in [2.45, 2.75) is 320 Å². The van der Waals surface area contributed by atoms with Crippen molar-refractivity contribution in [1.82, 2.24) is 5.32 Å². The zero-order valence-electron chi connectivity index (χ0n) is 44.4. The van der Waals surface area contributed by atoms with Crippen LogP contribution in [0.2, 0.25) is 0 Å². The summed E-state index contributed by atoms with van der Waals surface area (Å²) in [7, 11) is 0. The summed E-state index contributed by atoms with van der Waals surface area (Å²) in [4.78, 5) is 13.0. The van der Waals surface area contributed by atoms with Gasteiger partial charge in [0.25, 0.3) is 0 Å². The number of allylic oxidation sites excluding steroid dienone is 5. The van der Waals surface area contributed by atoms with E-state index in [1.165, 1.54) is 212 Å². The van der Waals surface area contributed by atoms with Crippen LogP contribution in [0.5, 0.6) is 0 Å². The lowest BCUT2D eigenvalue weighted by Crippen LogP contribution is -2.60. The Balaban J connectivity index is 2.21. The number of aliphatic hydroxyl groups excluding tert-OH is 5. The minimum atomic E-state index is -1.57. The molecule has 1 heterocycles. The number of carbonyl (C=O) groups excluding carboxylic acids is 1. The first kappa shape index (κ1) is 64.4. The third-order valence-corrected chi connectivity index (χ3v) is 13.9. The summed E-state index contributed by atoms with van der Waals surface area (Å²) in [5.41, 5.74) is 0. The lowest BCUT2D eigenvalue weighted by molar-refractivity contribution is -0.302. The van der Waals surface area contributed by atoms with Gasteiger partial charge in [-0.15, -0.1) is 0 Å². The Hall–Kier alpha value is -1.59. The third-order valence-electron chi connectivity index (χ3n) is 13.9. The number of hydrogen-bond donors (Lipinski definition) is 6. The summed E-state index contributed by atoms with van der Waals surface area (Å²) >= 11 is 0. The van der Waals surface area contributed by atoms with Gasteiger partial charge in [0, 0.05) is 6.42 Å². The predicted molar refractivity (Wildman–Crippen MR) is 286 cm³/mol. The van der Waals surface area contributed by atoms with Crippen LogP contribution >= 0.6 is 0 Å². The van der Waals surface area contributed by atoms with Crippen molar-refractivity contribution in [3.8, 4) is 0 Å². The molecule has 0 spiro atoms. The minimum absolute atomic E-state index is 0.186. The van der Waals surface area contributed by atoms with E-state index >= 15 is 0 Å². The van der Waals surface area contributed by atoms with Gasteiger partial charge in [-0.1, -0.05) is 262 Å². The zero-order chi connectivity index (χ0) is 49.4. The van der Waals surface area contributed by atoms with Crippen molar-refractivity contribution in [3.05, 3.63) is 36.5 Å². The molecule has 1 rings (SSSR count). The van der Waals surface area contributed by atoms with Crippen molar-refractivity contribution in [3.63, 3.8) is 0 Å². The molecule has 0 radical (unpaired) electrons. The summed E-state index contributed by atoms with van der Waals surface area (Å²) < 4.78 is 11.3. The van der Waals surface area contributed by atoms with Gasteiger partial charge in [-0.3, -0.25) is 4.79 Å². The molecular formula is C59H111NO8. The molecule has 0 bridgehead atoms. The molecule has 1 aliphatic heterocycles. The molecular weight excluding hydrogens is 851 g/mol. The molecule has 0 aromatic carbocycles. The maximum Gasteiger partial charge on any atom is 0.220 e. The summed E-state index contributed by atoms with van der Waals surface area (Å²) in [5, 5.41) is 54.4. The lowest BCUT2D eigenvalue weighted by Gasteiger charge is -2.40. The van der Waals surface area contributed by atoms with E-state index in [-0.39, 0.29) is 12.5 Å². The van der Waals surface area contributed by atoms with E-state index in [2.05, 4.69) is 43.5 Å². The van der Waals surface area contributed by atoms with Gasteiger partial charge >= 0.3 is 0 Å². The van der Waals surface area contributed by atoms with Gasteiger partial charge in [-0.25, -0.2) is 0 Å². The van der Waals surface area contributed by atoms with Crippen molar-refractivity contribution in [2.75, 3.05) is 13.2 Å². The molecule has 6 N–H and O–H groups in total. The first-order valence-corrected chi connectivity index (χ1v) is 29.2. The summed E-state index contributed by atoms with van der Waals surface area (Å²) in [6.45, 7) is 3.78. The second kappa shape index (κ2) is 49.0. The fraction of sp³-hybridized carbons (Fsp3) is 0.881. The van der Waals surface area contributed by atoms with Crippen molar-refractivity contribution >= 4 is 5.91 Å². The molecule has 0 aliphatic carbocycles. The van der Waals surface area contributed by atoms with E-state index in [1.54, 1.807) is 6.08 Å². The molecule has 1 saturated heterocycles. The fourth-order valence-electron chi connectivity index (χ4n) is 9.31. The lowest BCUT2D eigenvalue weighted by atomic mass is 9.99. The van der Waals surface area contributed by atoms with E-state index < -0.39 is 49.5 Å². The number of ether oxygens (including phenoxy) is 2. The predicted octanol–water partition coefficient (Wildman–Crippen LogP) is 14.4. The van der Waals surface area contributed by atoms with Gasteiger partial charge in [0.15, 0.2) is 6.29 Å². The van der Waals surface area contributed by atoms with Gasteiger partial charge in [0.05, 0.1) is 25.4 Å². The molecule has 1 amide bonds. The van der Waals surface area contributed by atoms with Crippen LogP contribution in [0.4, 0.5) is 0 Å². The van der Waals surface area contributed by atoms with Gasteiger partial charge < -0.3 is 40.3 Å². The van der Waals surface area contributed by atoms with Crippen molar-refractivity contribution < 1.29 is 39.8 Å². The minimum Gasteiger partial charge on any atom is -0.394 e. The quantitative estimate of drug-likeness (QED) is 0.0261. The summed E-state index contributed by atoms with van der Waals surface area (Å²) in [6.07, 6.45) is 56.5. The van der Waals surface area contributed by atoms with Crippen LogP contribution in [0, 0.1) is 0 Å². The third kappa shape index (κ3) is 38.1. The molecule has 0 aromatic rings. The Bertz CT molecular complexity index is 1160. The van der Waals surface area contributed by atoms with Crippen molar-refractivity contribution in [2.24, 2.45) is 0 Å². The largest absolute Gasteiger partial charge is 0.394 e. The highest BCUT2D eigenvalue weighted by Crippen LogP contribution is 2.23. The SMILES string of the molecule is CCCCCCCCCC/C=C/CC/C=C/CC/C=C/C(O)C(COC1OC(CO)C(O)C(O)C1O)NC(=O)CCCCCCCCCCCCCCCCCCCCCCCCCCCCC. The molecule has 1 fully saturated rings. The molecule has 0 aromatic heterocycles. The number of nitrogens with one attached hydrogen (secondary N) is 1. The van der Waals surface area contributed by atoms with Crippen LogP contribution < -0.4 is 5.32 Å². The number of unbranched alkanes of at least 4 members (excludes halogenated alkanes) is 36. The topological polar surface area (TPSA) is 149 Å². The van der Waals surface area contributed by atoms with Crippen LogP contribution in [0.25, 0.3) is 0 Å². The Morgan fingerprint density at radius 3 is 1.24 bits per heavy atom. The number of hydrogen-bond acceptors (Lipinski definition) is 8. The number of amides is 1. The van der Waals surface area contributed by atoms with E-state index in [0.29, 0.717) is 6.42 Å². The number of aliphatic hydroxyl groups is 5. The van der Waals surface area contributed by atoms with E-state index in [4.69, 9.17) is 9.47 Å². The molecule has 7 unspecified atom stereocenters. The second-order valence-electron chi connectivity index (χ2n) is 20.4. The normalized spacial score (nSPS) is 19.8. The molecule has 9 heteroatoms. The molecule has 7 atom stereocenters. The van der Waals surface area contributed by atoms with E-state index in [0.717, 1.165) is 44.9 Å². The monoisotopic (exact) mass is 962 g/mol. The maximum absolute atomic E-state index is 13.0. The Labute approximate surface area is 419 Å². The van der Waals surface area contributed by atoms with Crippen LogP contribution in [0.15, 0.2) is 36.5 Å². The molecule has 400 valence electrons. The molecule has 9 nitrogen and oxygen atoms in total. The molecule has 68 heavy (non-hydrogen) atoms. The van der Waals surface area contributed by atoms with Crippen LogP contribution in [0.1, 0.15) is 277 Å². The first-order chi connectivity index (χ1) is 33.3. The Morgan fingerprint density at radius 2 is 0.838 bits per heavy atom. The highest BCUT2D eigenvalue weighted by molar-refractivity contribution is 5.76. The summed E-state index contributed by atoms with van der Waals surface area (Å²) in [6, 6.07) is -0.826. The summed E-state index contributed by atoms with van der Waals surface area (Å²) in [5.74, 6) is -0.186. The van der Waals surface area contributed by atoms with Gasteiger partial charge in [-0.2, -0.15) is 0 Å². The highest BCUT2D eigenvalue weighted by atomic mass is 16.7. The highest BCUT2D eigenvalue weighted by Gasteiger charge is 2.44. The van der Waals surface area contributed by atoms with Gasteiger partial charge in [0.2, 0.25) is 5.91 Å². The van der Waals surface area contributed by atoms with E-state index in [1.807, 2.05) is 6.08 Å². The standard InChI is InChI=1S/C59H111NO8/c1-3-5-7-9-11-13-15-17-19-21-23-24-25-26-27-28-29-30-31-33-35-37-39-41-43-45-47-49-55(63)60-52(51-67-59-58(66)57(65)56(64)54(50-61)68-59)53(62)48-46-44-42-40-38-36-34-32-22-20-18-16-14-12-10-8-6-4-2/h22,32,38,40,46,48,52-54,56-59,61-62,64-66H,3-21,23-31,33-37,39,41-45,47,49-51H2,1-2H3,(H,60,63)/b32-22+,40-38+,48-46+. The maximum atomic E-state index is 13.0. The number of rotatable bonds is 50. The average molecular weight is 963 g/mol. The van der Waals surface area contributed by atoms with Gasteiger partial charge in [0.1, 0.15) is 24.4 Å². The second-order valence-corrected chi connectivity index (χ2v) is 20.4. The molecule has 1 aliphatic rings. The fourth-order valence-corrected chi connectivity index (χ4v) is 9.31. The Kier molecular flexibility index (Phi) is 46.4. The van der Waals surface area contributed by atoms with Crippen LogP contribution in [-0.4, -0.2) is 87.5 Å². The Morgan fingerprint density at radius 1 is 0.485 bits per heavy atom. The smallest absolute Gasteiger partial charge is 0.220 e. The molecule has 0 saturated carbocycles.